The molecule has 0 atom stereocenters. The number of ether oxygens (including phenoxy) is 1. The van der Waals surface area contributed by atoms with Gasteiger partial charge >= 0.3 is 5.97 Å². The molecule has 0 aliphatic carbocycles. The van der Waals surface area contributed by atoms with E-state index in [1.807, 2.05) is 23.6 Å². The summed E-state index contributed by atoms with van der Waals surface area (Å²) >= 11 is 1.58. The van der Waals surface area contributed by atoms with Crippen LogP contribution in [-0.2, 0) is 9.53 Å². The minimum atomic E-state index is -0.439. The topological polar surface area (TPSA) is 43.4 Å². The highest BCUT2D eigenvalue weighted by Gasteiger charge is 2.11. The van der Waals surface area contributed by atoms with Crippen molar-refractivity contribution in [2.75, 3.05) is 6.61 Å². The van der Waals surface area contributed by atoms with E-state index in [2.05, 4.69) is 0 Å². The zero-order chi connectivity index (χ0) is 11.5. The lowest BCUT2D eigenvalue weighted by Crippen LogP contribution is -2.11. The van der Waals surface area contributed by atoms with Crippen LogP contribution >= 0.6 is 11.3 Å². The van der Waals surface area contributed by atoms with Gasteiger partial charge in [0.15, 0.2) is 6.61 Å². The van der Waals surface area contributed by atoms with Crippen molar-refractivity contribution in [3.63, 3.8) is 0 Å². The fourth-order valence-corrected chi connectivity index (χ4v) is 2.29. The van der Waals surface area contributed by atoms with Gasteiger partial charge in [-0.05, 0) is 17.5 Å². The average Bonchev–Trinajstić information content (AvgIpc) is 2.73. The molecule has 0 saturated heterocycles. The van der Waals surface area contributed by atoms with Gasteiger partial charge in [-0.3, -0.25) is 9.59 Å². The van der Waals surface area contributed by atoms with Crippen molar-refractivity contribution in [2.45, 2.75) is 6.92 Å². The van der Waals surface area contributed by atoms with E-state index in [0.717, 1.165) is 10.1 Å². The smallest absolute Gasteiger partial charge is 0.303 e. The second kappa shape index (κ2) is 4.45. The summed E-state index contributed by atoms with van der Waals surface area (Å²) < 4.78 is 5.76. The number of fused-ring (bicyclic) bond motifs is 1. The minimum Gasteiger partial charge on any atom is -0.457 e. The maximum absolute atomic E-state index is 11.8. The van der Waals surface area contributed by atoms with E-state index in [4.69, 9.17) is 4.74 Å². The van der Waals surface area contributed by atoms with Crippen LogP contribution in [0.4, 0.5) is 0 Å². The highest BCUT2D eigenvalue weighted by atomic mass is 32.1. The molecule has 0 aliphatic rings. The van der Waals surface area contributed by atoms with Gasteiger partial charge in [0.25, 0.3) is 0 Å². The Hall–Kier alpha value is -1.68. The van der Waals surface area contributed by atoms with Crippen LogP contribution in [-0.4, -0.2) is 18.4 Å². The van der Waals surface area contributed by atoms with Gasteiger partial charge in [0.1, 0.15) is 0 Å². The summed E-state index contributed by atoms with van der Waals surface area (Å²) in [7, 11) is 0. The van der Waals surface area contributed by atoms with Crippen molar-refractivity contribution in [1.82, 2.24) is 0 Å². The first kappa shape index (κ1) is 10.8. The Bertz CT molecular complexity index is 542. The predicted molar refractivity (Wildman–Crippen MR) is 62.8 cm³/mol. The first-order valence-electron chi connectivity index (χ1n) is 4.81. The second-order valence-corrected chi connectivity index (χ2v) is 4.29. The number of carbonyl (C=O) groups is 2. The maximum atomic E-state index is 11.8. The molecule has 0 saturated carbocycles. The van der Waals surface area contributed by atoms with Crippen LogP contribution in [0.25, 0.3) is 10.1 Å². The van der Waals surface area contributed by atoms with E-state index in [1.165, 1.54) is 6.92 Å². The van der Waals surface area contributed by atoms with Crippen LogP contribution in [0.1, 0.15) is 17.3 Å². The van der Waals surface area contributed by atoms with Gasteiger partial charge in [-0.2, -0.15) is 0 Å². The van der Waals surface area contributed by atoms with Crippen LogP contribution in [0.3, 0.4) is 0 Å². The van der Waals surface area contributed by atoms with E-state index in [0.29, 0.717) is 5.56 Å². The molecule has 0 bridgehead atoms. The highest BCUT2D eigenvalue weighted by molar-refractivity contribution is 7.17. The third-order valence-electron chi connectivity index (χ3n) is 2.20. The predicted octanol–water partition coefficient (Wildman–Crippen LogP) is 2.65. The van der Waals surface area contributed by atoms with Gasteiger partial charge < -0.3 is 4.74 Å². The first-order valence-corrected chi connectivity index (χ1v) is 5.69. The molecular weight excluding hydrogens is 224 g/mol. The molecule has 2 aromatic rings. The number of hydrogen-bond acceptors (Lipinski definition) is 4. The molecule has 0 spiro atoms. The third kappa shape index (κ3) is 2.12. The Morgan fingerprint density at radius 1 is 1.31 bits per heavy atom. The summed E-state index contributed by atoms with van der Waals surface area (Å²) in [4.78, 5) is 22.4. The zero-order valence-corrected chi connectivity index (χ0v) is 9.54. The SMILES string of the molecule is CC(=O)OCC(=O)c1cccc2sccc12. The minimum absolute atomic E-state index is 0.167. The maximum Gasteiger partial charge on any atom is 0.303 e. The van der Waals surface area contributed by atoms with E-state index in [-0.39, 0.29) is 12.4 Å². The van der Waals surface area contributed by atoms with Crippen molar-refractivity contribution in [1.29, 1.82) is 0 Å². The van der Waals surface area contributed by atoms with Gasteiger partial charge in [0, 0.05) is 22.6 Å². The monoisotopic (exact) mass is 234 g/mol. The van der Waals surface area contributed by atoms with Crippen LogP contribution in [0.5, 0.6) is 0 Å². The normalized spacial score (nSPS) is 10.3. The number of carbonyl (C=O) groups excluding carboxylic acids is 2. The average molecular weight is 234 g/mol. The lowest BCUT2D eigenvalue weighted by molar-refractivity contribution is -0.139. The molecule has 82 valence electrons. The Morgan fingerprint density at radius 2 is 2.12 bits per heavy atom. The Balaban J connectivity index is 2.29. The molecule has 1 aromatic carbocycles. The highest BCUT2D eigenvalue weighted by Crippen LogP contribution is 2.24. The van der Waals surface area contributed by atoms with Gasteiger partial charge in [0.2, 0.25) is 5.78 Å². The Morgan fingerprint density at radius 3 is 2.88 bits per heavy atom. The molecule has 3 nitrogen and oxygen atoms in total. The van der Waals surface area contributed by atoms with Crippen LogP contribution < -0.4 is 0 Å². The Labute approximate surface area is 96.6 Å². The molecule has 0 amide bonds. The fourth-order valence-electron chi connectivity index (χ4n) is 1.48. The van der Waals surface area contributed by atoms with E-state index >= 15 is 0 Å². The summed E-state index contributed by atoms with van der Waals surface area (Å²) in [6.07, 6.45) is 0. The number of rotatable bonds is 3. The quantitative estimate of drug-likeness (QED) is 0.605. The summed E-state index contributed by atoms with van der Waals surface area (Å²) in [5, 5.41) is 2.86. The first-order chi connectivity index (χ1) is 7.68. The molecule has 0 N–H and O–H groups in total. The lowest BCUT2D eigenvalue weighted by atomic mass is 10.1. The summed E-state index contributed by atoms with van der Waals surface area (Å²) in [5.74, 6) is -0.606. The number of thiophene rings is 1. The summed E-state index contributed by atoms with van der Waals surface area (Å²) in [6.45, 7) is 1.10. The standard InChI is InChI=1S/C12H10O3S/c1-8(13)15-7-11(14)9-3-2-4-12-10(9)5-6-16-12/h2-6H,7H2,1H3. The van der Waals surface area contributed by atoms with Crippen molar-refractivity contribution in [2.24, 2.45) is 0 Å². The molecule has 0 unspecified atom stereocenters. The third-order valence-corrected chi connectivity index (χ3v) is 3.08. The van der Waals surface area contributed by atoms with Gasteiger partial charge in [-0.25, -0.2) is 0 Å². The van der Waals surface area contributed by atoms with Crippen LogP contribution in [0.15, 0.2) is 29.6 Å². The molecule has 16 heavy (non-hydrogen) atoms. The number of benzene rings is 1. The molecule has 0 radical (unpaired) electrons. The van der Waals surface area contributed by atoms with Crippen molar-refractivity contribution in [3.8, 4) is 0 Å². The molecule has 0 aliphatic heterocycles. The Kier molecular flexibility index (Phi) is 3.01. The number of esters is 1. The van der Waals surface area contributed by atoms with Gasteiger partial charge in [0.05, 0.1) is 0 Å². The number of Topliss-reactive ketones (excluding diaryl/α,β-unsaturated/α-hetero) is 1. The van der Waals surface area contributed by atoms with Crippen LogP contribution in [0.2, 0.25) is 0 Å². The fraction of sp³-hybridized carbons (Fsp3) is 0.167. The summed E-state index contributed by atoms with van der Waals surface area (Å²) in [6, 6.07) is 7.45. The van der Waals surface area contributed by atoms with Crippen LogP contribution in [0, 0.1) is 0 Å². The molecule has 0 fully saturated rings. The molecule has 4 heteroatoms. The van der Waals surface area contributed by atoms with Crippen molar-refractivity contribution < 1.29 is 14.3 Å². The van der Waals surface area contributed by atoms with Gasteiger partial charge in [-0.15, -0.1) is 11.3 Å². The van der Waals surface area contributed by atoms with Gasteiger partial charge in [-0.1, -0.05) is 12.1 Å². The zero-order valence-electron chi connectivity index (χ0n) is 8.73. The van der Waals surface area contributed by atoms with Crippen molar-refractivity contribution >= 4 is 33.2 Å². The number of hydrogen-bond donors (Lipinski definition) is 0. The number of ketones is 1. The van der Waals surface area contributed by atoms with E-state index in [9.17, 15) is 9.59 Å². The molecule has 2 rings (SSSR count). The van der Waals surface area contributed by atoms with Crippen molar-refractivity contribution in [3.05, 3.63) is 35.2 Å². The molecule has 1 heterocycles. The largest absolute Gasteiger partial charge is 0.457 e. The molecule has 1 aromatic heterocycles. The summed E-state index contributed by atoms with van der Waals surface area (Å²) in [5.41, 5.74) is 0.611. The lowest BCUT2D eigenvalue weighted by Gasteiger charge is -2.02. The van der Waals surface area contributed by atoms with E-state index < -0.39 is 5.97 Å². The van der Waals surface area contributed by atoms with E-state index in [1.54, 1.807) is 17.4 Å². The molecular formula is C12H10O3S. The second-order valence-electron chi connectivity index (χ2n) is 3.34.